The van der Waals surface area contributed by atoms with Crippen LogP contribution in [0.1, 0.15) is 4.88 Å². The van der Waals surface area contributed by atoms with E-state index in [4.69, 9.17) is 9.57 Å². The highest BCUT2D eigenvalue weighted by Gasteiger charge is 2.36. The molecule has 0 spiro atoms. The summed E-state index contributed by atoms with van der Waals surface area (Å²) in [6.07, 6.45) is 0. The normalized spacial score (nSPS) is 19.6. The summed E-state index contributed by atoms with van der Waals surface area (Å²) in [7, 11) is 2.93. The molecule has 2 heterocycles. The zero-order chi connectivity index (χ0) is 13.8. The van der Waals surface area contributed by atoms with Gasteiger partial charge in [0.1, 0.15) is 12.6 Å². The number of hydroxylamine groups is 2. The highest BCUT2D eigenvalue weighted by molar-refractivity contribution is 7.09. The molecule has 1 aliphatic heterocycles. The third-order valence-corrected chi connectivity index (χ3v) is 3.83. The van der Waals surface area contributed by atoms with E-state index < -0.39 is 6.04 Å². The summed E-state index contributed by atoms with van der Waals surface area (Å²) in [4.78, 5) is 31.5. The Balaban J connectivity index is 2.14. The first-order chi connectivity index (χ1) is 9.13. The molecule has 1 aromatic rings. The van der Waals surface area contributed by atoms with Crippen LogP contribution in [0.2, 0.25) is 0 Å². The third kappa shape index (κ3) is 3.12. The smallest absolute Gasteiger partial charge is 0.271 e. The van der Waals surface area contributed by atoms with Crippen molar-refractivity contribution in [3.05, 3.63) is 22.4 Å². The van der Waals surface area contributed by atoms with Gasteiger partial charge < -0.3 is 9.64 Å². The predicted molar refractivity (Wildman–Crippen MR) is 69.3 cm³/mol. The van der Waals surface area contributed by atoms with Gasteiger partial charge in [0.05, 0.1) is 20.3 Å². The SMILES string of the molecule is CON(C)C(=O)[C@H]1COCC(=O)N1Cc1cccs1. The van der Waals surface area contributed by atoms with Crippen LogP contribution in [0.25, 0.3) is 0 Å². The van der Waals surface area contributed by atoms with Gasteiger partial charge in [-0.15, -0.1) is 11.3 Å². The van der Waals surface area contributed by atoms with Gasteiger partial charge in [0.2, 0.25) is 5.91 Å². The van der Waals surface area contributed by atoms with Crippen LogP contribution < -0.4 is 0 Å². The van der Waals surface area contributed by atoms with Gasteiger partial charge in [-0.25, -0.2) is 5.06 Å². The van der Waals surface area contributed by atoms with E-state index in [9.17, 15) is 9.59 Å². The van der Waals surface area contributed by atoms with Crippen molar-refractivity contribution in [2.24, 2.45) is 0 Å². The minimum Gasteiger partial charge on any atom is -0.369 e. The van der Waals surface area contributed by atoms with Crippen LogP contribution in [-0.4, -0.2) is 55.2 Å². The first kappa shape index (κ1) is 14.0. The molecule has 0 N–H and O–H groups in total. The Bertz CT molecular complexity index is 449. The summed E-state index contributed by atoms with van der Waals surface area (Å²) < 4.78 is 5.17. The number of hydrogen-bond acceptors (Lipinski definition) is 5. The lowest BCUT2D eigenvalue weighted by atomic mass is 10.2. The molecule has 2 rings (SSSR count). The van der Waals surface area contributed by atoms with Gasteiger partial charge in [-0.1, -0.05) is 6.07 Å². The number of carbonyl (C=O) groups excluding carboxylic acids is 2. The maximum atomic E-state index is 12.1. The molecule has 0 unspecified atom stereocenters. The molecule has 7 heteroatoms. The van der Waals surface area contributed by atoms with Crippen LogP contribution in [0.15, 0.2) is 17.5 Å². The standard InChI is InChI=1S/C12H16N2O4S/c1-13(17-2)12(16)10-7-18-8-11(15)14(10)6-9-4-3-5-19-9/h3-5,10H,6-8H2,1-2H3/t10-/m1/s1. The summed E-state index contributed by atoms with van der Waals surface area (Å²) in [6, 6.07) is 3.23. The minimum atomic E-state index is -0.631. The molecule has 0 aromatic carbocycles. The van der Waals surface area contributed by atoms with Crippen molar-refractivity contribution in [3.63, 3.8) is 0 Å². The van der Waals surface area contributed by atoms with E-state index in [0.717, 1.165) is 9.94 Å². The van der Waals surface area contributed by atoms with Gasteiger partial charge in [0, 0.05) is 11.9 Å². The number of ether oxygens (including phenoxy) is 1. The minimum absolute atomic E-state index is 0.0197. The Labute approximate surface area is 115 Å². The Morgan fingerprint density at radius 2 is 2.47 bits per heavy atom. The van der Waals surface area contributed by atoms with Crippen LogP contribution in [0.3, 0.4) is 0 Å². The second-order valence-electron chi connectivity index (χ2n) is 4.15. The first-order valence-corrected chi connectivity index (χ1v) is 6.72. The topological polar surface area (TPSA) is 59.1 Å². The molecular formula is C12H16N2O4S. The highest BCUT2D eigenvalue weighted by atomic mass is 32.1. The van der Waals surface area contributed by atoms with E-state index in [1.165, 1.54) is 14.2 Å². The van der Waals surface area contributed by atoms with E-state index in [1.807, 2.05) is 17.5 Å². The van der Waals surface area contributed by atoms with Gasteiger partial charge in [-0.05, 0) is 11.4 Å². The Kier molecular flexibility index (Phi) is 4.52. The van der Waals surface area contributed by atoms with Crippen LogP contribution >= 0.6 is 11.3 Å². The predicted octanol–water partition coefficient (Wildman–Crippen LogP) is 0.495. The molecule has 1 fully saturated rings. The average Bonchev–Trinajstić information content (AvgIpc) is 2.92. The molecule has 1 saturated heterocycles. The quantitative estimate of drug-likeness (QED) is 0.755. The number of hydrogen-bond donors (Lipinski definition) is 0. The summed E-state index contributed by atoms with van der Waals surface area (Å²) in [5, 5.41) is 3.06. The maximum Gasteiger partial charge on any atom is 0.271 e. The number of rotatable bonds is 4. The van der Waals surface area contributed by atoms with Crippen molar-refractivity contribution in [2.45, 2.75) is 12.6 Å². The van der Waals surface area contributed by atoms with Crippen molar-refractivity contribution >= 4 is 23.2 Å². The molecule has 6 nitrogen and oxygen atoms in total. The molecule has 2 amide bonds. The molecule has 19 heavy (non-hydrogen) atoms. The lowest BCUT2D eigenvalue weighted by Gasteiger charge is -2.35. The van der Waals surface area contributed by atoms with Crippen molar-refractivity contribution in [3.8, 4) is 0 Å². The van der Waals surface area contributed by atoms with Gasteiger partial charge in [0.15, 0.2) is 0 Å². The Morgan fingerprint density at radius 3 is 3.11 bits per heavy atom. The molecule has 1 aromatic heterocycles. The van der Waals surface area contributed by atoms with E-state index in [2.05, 4.69) is 0 Å². The van der Waals surface area contributed by atoms with Crippen molar-refractivity contribution < 1.29 is 19.2 Å². The molecule has 0 aliphatic carbocycles. The molecule has 1 aliphatic rings. The van der Waals surface area contributed by atoms with Crippen molar-refractivity contribution in [2.75, 3.05) is 27.4 Å². The summed E-state index contributed by atoms with van der Waals surface area (Å²) in [5.41, 5.74) is 0. The van der Waals surface area contributed by atoms with Gasteiger partial charge in [0.25, 0.3) is 5.91 Å². The number of nitrogens with zero attached hydrogens (tertiary/aromatic N) is 2. The zero-order valence-corrected chi connectivity index (χ0v) is 11.7. The molecule has 0 radical (unpaired) electrons. The summed E-state index contributed by atoms with van der Waals surface area (Å²) >= 11 is 1.56. The lowest BCUT2D eigenvalue weighted by molar-refractivity contribution is -0.183. The zero-order valence-electron chi connectivity index (χ0n) is 10.9. The van der Waals surface area contributed by atoms with Crippen LogP contribution in [0.4, 0.5) is 0 Å². The third-order valence-electron chi connectivity index (χ3n) is 2.97. The summed E-state index contributed by atoms with van der Waals surface area (Å²) in [6.45, 7) is 0.642. The molecule has 104 valence electrons. The van der Waals surface area contributed by atoms with E-state index in [-0.39, 0.29) is 25.0 Å². The van der Waals surface area contributed by atoms with Crippen LogP contribution in [-0.2, 0) is 25.7 Å². The Morgan fingerprint density at radius 1 is 1.68 bits per heavy atom. The van der Waals surface area contributed by atoms with Gasteiger partial charge in [-0.3, -0.25) is 14.4 Å². The maximum absolute atomic E-state index is 12.1. The number of morpholine rings is 1. The summed E-state index contributed by atoms with van der Waals surface area (Å²) in [5.74, 6) is -0.463. The Hall–Kier alpha value is -1.44. The van der Waals surface area contributed by atoms with E-state index in [0.29, 0.717) is 6.54 Å². The monoisotopic (exact) mass is 284 g/mol. The first-order valence-electron chi connectivity index (χ1n) is 5.84. The number of carbonyl (C=O) groups is 2. The van der Waals surface area contributed by atoms with E-state index >= 15 is 0 Å². The molecule has 0 saturated carbocycles. The average molecular weight is 284 g/mol. The van der Waals surface area contributed by atoms with Crippen LogP contribution in [0.5, 0.6) is 0 Å². The van der Waals surface area contributed by atoms with Crippen molar-refractivity contribution in [1.29, 1.82) is 0 Å². The fourth-order valence-electron chi connectivity index (χ4n) is 1.88. The van der Waals surface area contributed by atoms with Crippen molar-refractivity contribution in [1.82, 2.24) is 9.96 Å². The lowest BCUT2D eigenvalue weighted by Crippen LogP contribution is -2.55. The molecule has 1 atom stereocenters. The second-order valence-corrected chi connectivity index (χ2v) is 5.18. The number of likely N-dealkylation sites (N-methyl/N-ethyl adjacent to an activating group) is 1. The number of thiophene rings is 1. The van der Waals surface area contributed by atoms with Crippen LogP contribution in [0, 0.1) is 0 Å². The van der Waals surface area contributed by atoms with Gasteiger partial charge >= 0.3 is 0 Å². The van der Waals surface area contributed by atoms with Gasteiger partial charge in [-0.2, -0.15) is 0 Å². The molecule has 0 bridgehead atoms. The highest BCUT2D eigenvalue weighted by Crippen LogP contribution is 2.18. The number of amides is 2. The second kappa shape index (κ2) is 6.14. The largest absolute Gasteiger partial charge is 0.369 e. The fourth-order valence-corrected chi connectivity index (χ4v) is 2.58. The fraction of sp³-hybridized carbons (Fsp3) is 0.500. The van der Waals surface area contributed by atoms with E-state index in [1.54, 1.807) is 16.2 Å². The molecular weight excluding hydrogens is 268 g/mol.